The van der Waals surface area contributed by atoms with Crippen molar-refractivity contribution in [3.63, 3.8) is 0 Å². The molecule has 1 aromatic rings. The molecule has 0 unspecified atom stereocenters. The van der Waals surface area contributed by atoms with Gasteiger partial charge < -0.3 is 10.2 Å². The zero-order valence-electron chi connectivity index (χ0n) is 12.4. The summed E-state index contributed by atoms with van der Waals surface area (Å²) in [6.45, 7) is 1.82. The number of carbonyl (C=O) groups is 1. The van der Waals surface area contributed by atoms with Crippen molar-refractivity contribution in [2.45, 2.75) is 44.7 Å². The highest BCUT2D eigenvalue weighted by atomic mass is 19.1. The minimum atomic E-state index is -0.425. The van der Waals surface area contributed by atoms with Gasteiger partial charge in [-0.25, -0.2) is 4.39 Å². The topological polar surface area (TPSA) is 32.3 Å². The third-order valence-electron chi connectivity index (χ3n) is 4.33. The van der Waals surface area contributed by atoms with Crippen molar-refractivity contribution in [2.24, 2.45) is 0 Å². The average molecular weight is 278 g/mol. The standard InChI is InChI=1S/C16H23FN2O/c1-11-4-9-14(15(17)10-11)16(20)19(3)13-7-5-12(18-2)6-8-13/h4,9-10,12-13,18H,5-8H2,1-3H3. The lowest BCUT2D eigenvalue weighted by Gasteiger charge is -2.34. The van der Waals surface area contributed by atoms with Crippen molar-refractivity contribution in [2.75, 3.05) is 14.1 Å². The number of rotatable bonds is 3. The lowest BCUT2D eigenvalue weighted by atomic mass is 9.90. The molecule has 2 rings (SSSR count). The maximum absolute atomic E-state index is 13.9. The highest BCUT2D eigenvalue weighted by Crippen LogP contribution is 2.24. The predicted octanol–water partition coefficient (Wildman–Crippen LogP) is 2.74. The number of halogens is 1. The Labute approximate surface area is 120 Å². The van der Waals surface area contributed by atoms with Crippen molar-refractivity contribution < 1.29 is 9.18 Å². The van der Waals surface area contributed by atoms with Gasteiger partial charge in [-0.2, -0.15) is 0 Å². The first-order valence-electron chi connectivity index (χ1n) is 7.23. The maximum atomic E-state index is 13.9. The van der Waals surface area contributed by atoms with Crippen molar-refractivity contribution in [1.82, 2.24) is 10.2 Å². The van der Waals surface area contributed by atoms with Crippen LogP contribution in [0.5, 0.6) is 0 Å². The monoisotopic (exact) mass is 278 g/mol. The molecule has 0 bridgehead atoms. The Bertz CT molecular complexity index is 481. The van der Waals surface area contributed by atoms with E-state index in [4.69, 9.17) is 0 Å². The summed E-state index contributed by atoms with van der Waals surface area (Å²) in [5.41, 5.74) is 1.00. The quantitative estimate of drug-likeness (QED) is 0.922. The molecule has 0 aliphatic heterocycles. The van der Waals surface area contributed by atoms with Crippen LogP contribution in [-0.2, 0) is 0 Å². The van der Waals surface area contributed by atoms with Gasteiger partial charge in [-0.05, 0) is 57.4 Å². The van der Waals surface area contributed by atoms with Gasteiger partial charge in [0.25, 0.3) is 5.91 Å². The van der Waals surface area contributed by atoms with E-state index >= 15 is 0 Å². The number of benzene rings is 1. The number of nitrogens with zero attached hydrogens (tertiary/aromatic N) is 1. The summed E-state index contributed by atoms with van der Waals surface area (Å²) in [4.78, 5) is 14.1. The normalized spacial score (nSPS) is 22.6. The fraction of sp³-hybridized carbons (Fsp3) is 0.562. The van der Waals surface area contributed by atoms with E-state index < -0.39 is 5.82 Å². The van der Waals surface area contributed by atoms with Gasteiger partial charge in [-0.1, -0.05) is 6.07 Å². The second-order valence-electron chi connectivity index (χ2n) is 5.69. The molecular weight excluding hydrogens is 255 g/mol. The van der Waals surface area contributed by atoms with E-state index in [9.17, 15) is 9.18 Å². The van der Waals surface area contributed by atoms with E-state index in [2.05, 4.69) is 5.32 Å². The molecule has 1 fully saturated rings. The lowest BCUT2D eigenvalue weighted by molar-refractivity contribution is 0.0681. The van der Waals surface area contributed by atoms with Gasteiger partial charge in [-0.3, -0.25) is 4.79 Å². The molecule has 0 heterocycles. The van der Waals surface area contributed by atoms with E-state index in [0.717, 1.165) is 31.2 Å². The average Bonchev–Trinajstić information content (AvgIpc) is 2.46. The summed E-state index contributed by atoms with van der Waals surface area (Å²) in [6.07, 6.45) is 4.08. The maximum Gasteiger partial charge on any atom is 0.256 e. The molecule has 0 spiro atoms. The number of aryl methyl sites for hydroxylation is 1. The summed E-state index contributed by atoms with van der Waals surface area (Å²) >= 11 is 0. The molecule has 1 amide bonds. The second kappa shape index (κ2) is 6.35. The van der Waals surface area contributed by atoms with Crippen molar-refractivity contribution in [3.8, 4) is 0 Å². The third kappa shape index (κ3) is 3.18. The summed E-state index contributed by atoms with van der Waals surface area (Å²) in [5, 5.41) is 3.28. The Morgan fingerprint density at radius 3 is 2.50 bits per heavy atom. The zero-order chi connectivity index (χ0) is 14.7. The molecule has 3 nitrogen and oxygen atoms in total. The highest BCUT2D eigenvalue weighted by Gasteiger charge is 2.27. The molecule has 0 radical (unpaired) electrons. The Balaban J connectivity index is 2.05. The van der Waals surface area contributed by atoms with E-state index in [1.165, 1.54) is 6.07 Å². The van der Waals surface area contributed by atoms with Crippen LogP contribution in [0, 0.1) is 12.7 Å². The molecule has 0 aromatic heterocycles. The van der Waals surface area contributed by atoms with Crippen molar-refractivity contribution in [3.05, 3.63) is 35.1 Å². The van der Waals surface area contributed by atoms with Gasteiger partial charge in [0.2, 0.25) is 0 Å². The Hall–Kier alpha value is -1.42. The molecule has 1 aromatic carbocycles. The largest absolute Gasteiger partial charge is 0.339 e. The molecule has 1 aliphatic carbocycles. The van der Waals surface area contributed by atoms with Crippen LogP contribution in [0.3, 0.4) is 0 Å². The summed E-state index contributed by atoms with van der Waals surface area (Å²) < 4.78 is 13.9. The number of hydrogen-bond donors (Lipinski definition) is 1. The van der Waals surface area contributed by atoms with E-state index in [0.29, 0.717) is 6.04 Å². The molecule has 20 heavy (non-hydrogen) atoms. The first kappa shape index (κ1) is 15.0. The number of hydrogen-bond acceptors (Lipinski definition) is 2. The Morgan fingerprint density at radius 2 is 1.95 bits per heavy atom. The van der Waals surface area contributed by atoms with E-state index in [-0.39, 0.29) is 17.5 Å². The summed E-state index contributed by atoms with van der Waals surface area (Å²) in [5.74, 6) is -0.638. The van der Waals surface area contributed by atoms with Crippen LogP contribution >= 0.6 is 0 Å². The SMILES string of the molecule is CNC1CCC(N(C)C(=O)c2ccc(C)cc2F)CC1. The lowest BCUT2D eigenvalue weighted by Crippen LogP contribution is -2.42. The summed E-state index contributed by atoms with van der Waals surface area (Å²) in [7, 11) is 3.76. The van der Waals surface area contributed by atoms with Crippen LogP contribution in [0.4, 0.5) is 4.39 Å². The highest BCUT2D eigenvalue weighted by molar-refractivity contribution is 5.94. The van der Waals surface area contributed by atoms with Gasteiger partial charge in [0, 0.05) is 19.1 Å². The van der Waals surface area contributed by atoms with Crippen LogP contribution in [0.25, 0.3) is 0 Å². The zero-order valence-corrected chi connectivity index (χ0v) is 12.4. The number of nitrogens with one attached hydrogen (secondary N) is 1. The first-order valence-corrected chi connectivity index (χ1v) is 7.23. The van der Waals surface area contributed by atoms with Gasteiger partial charge >= 0.3 is 0 Å². The molecule has 1 N–H and O–H groups in total. The molecule has 4 heteroatoms. The number of carbonyl (C=O) groups excluding carboxylic acids is 1. The first-order chi connectivity index (χ1) is 9.52. The van der Waals surface area contributed by atoms with Gasteiger partial charge in [0.15, 0.2) is 0 Å². The van der Waals surface area contributed by atoms with E-state index in [1.807, 2.05) is 14.0 Å². The number of amides is 1. The van der Waals surface area contributed by atoms with Crippen LogP contribution in [0.15, 0.2) is 18.2 Å². The fourth-order valence-corrected chi connectivity index (χ4v) is 2.90. The van der Waals surface area contributed by atoms with Crippen LogP contribution in [0.1, 0.15) is 41.6 Å². The van der Waals surface area contributed by atoms with Gasteiger partial charge in [0.05, 0.1) is 5.56 Å². The van der Waals surface area contributed by atoms with Crippen molar-refractivity contribution in [1.29, 1.82) is 0 Å². The summed E-state index contributed by atoms with van der Waals surface area (Å²) in [6, 6.07) is 5.54. The molecule has 110 valence electrons. The third-order valence-corrected chi connectivity index (χ3v) is 4.33. The van der Waals surface area contributed by atoms with Crippen LogP contribution in [-0.4, -0.2) is 37.0 Å². The minimum absolute atomic E-state index is 0.175. The smallest absolute Gasteiger partial charge is 0.256 e. The molecule has 0 saturated heterocycles. The van der Waals surface area contributed by atoms with Crippen LogP contribution < -0.4 is 5.32 Å². The van der Waals surface area contributed by atoms with Gasteiger partial charge in [-0.15, -0.1) is 0 Å². The molecular formula is C16H23FN2O. The van der Waals surface area contributed by atoms with E-state index in [1.54, 1.807) is 24.1 Å². The molecule has 1 aliphatic rings. The van der Waals surface area contributed by atoms with Crippen molar-refractivity contribution >= 4 is 5.91 Å². The second-order valence-corrected chi connectivity index (χ2v) is 5.69. The predicted molar refractivity (Wildman–Crippen MR) is 78.3 cm³/mol. The van der Waals surface area contributed by atoms with Gasteiger partial charge in [0.1, 0.15) is 5.82 Å². The molecule has 1 saturated carbocycles. The molecule has 0 atom stereocenters. The fourth-order valence-electron chi connectivity index (χ4n) is 2.90. The Morgan fingerprint density at radius 1 is 1.30 bits per heavy atom. The Kier molecular flexibility index (Phi) is 4.76. The minimum Gasteiger partial charge on any atom is -0.339 e. The van der Waals surface area contributed by atoms with Crippen LogP contribution in [0.2, 0.25) is 0 Å².